The summed E-state index contributed by atoms with van der Waals surface area (Å²) < 4.78 is 5.49. The van der Waals surface area contributed by atoms with Gasteiger partial charge in [0.05, 0.1) is 11.0 Å². The lowest BCUT2D eigenvalue weighted by Gasteiger charge is -2.28. The molecule has 6 nitrogen and oxygen atoms in total. The fourth-order valence-corrected chi connectivity index (χ4v) is 4.03. The van der Waals surface area contributed by atoms with Crippen LogP contribution in [-0.2, 0) is 10.2 Å². The molecule has 3 rings (SSSR count). The molecule has 138 valence electrons. The van der Waals surface area contributed by atoms with E-state index in [2.05, 4.69) is 6.58 Å². The number of aromatic hydroxyl groups is 1. The number of rotatable bonds is 3. The average molecular weight is 358 g/mol. The van der Waals surface area contributed by atoms with Crippen molar-refractivity contribution in [2.75, 3.05) is 0 Å². The maximum Gasteiger partial charge on any atom is 0.234 e. The molecule has 3 N–H and O–H groups in total. The molecule has 0 spiro atoms. The molecular formula is C20H22O6. The van der Waals surface area contributed by atoms with Gasteiger partial charge in [0.2, 0.25) is 17.9 Å². The zero-order valence-corrected chi connectivity index (χ0v) is 15.2. The van der Waals surface area contributed by atoms with Crippen LogP contribution in [0.5, 0.6) is 11.5 Å². The van der Waals surface area contributed by atoms with Crippen LogP contribution in [0.2, 0.25) is 0 Å². The van der Waals surface area contributed by atoms with Gasteiger partial charge in [-0.25, -0.2) is 0 Å². The maximum atomic E-state index is 12.8. The van der Waals surface area contributed by atoms with E-state index in [-0.39, 0.29) is 22.4 Å². The summed E-state index contributed by atoms with van der Waals surface area (Å²) in [5.41, 5.74) is -0.269. The third-order valence-corrected chi connectivity index (χ3v) is 5.34. The number of ketones is 2. The van der Waals surface area contributed by atoms with Crippen LogP contribution < -0.4 is 4.74 Å². The van der Waals surface area contributed by atoms with Crippen molar-refractivity contribution < 1.29 is 29.6 Å². The van der Waals surface area contributed by atoms with Crippen molar-refractivity contribution in [3.8, 4) is 11.5 Å². The molecule has 1 heterocycles. The lowest BCUT2D eigenvalue weighted by Crippen LogP contribution is -2.35. The lowest BCUT2D eigenvalue weighted by molar-refractivity contribution is -0.112. The van der Waals surface area contributed by atoms with Gasteiger partial charge < -0.3 is 20.1 Å². The number of hydrogen-bond donors (Lipinski definition) is 3. The minimum atomic E-state index is -1.26. The van der Waals surface area contributed by atoms with Gasteiger partial charge in [0.25, 0.3) is 0 Å². The van der Waals surface area contributed by atoms with Crippen molar-refractivity contribution in [2.24, 2.45) is 5.92 Å². The number of carbonyl (C=O) groups excluding carboxylic acids is 2. The Hall–Kier alpha value is -2.60. The number of phenolic OH excluding ortho intramolecular Hbond substituents is 1. The predicted octanol–water partition coefficient (Wildman–Crippen LogP) is 2.94. The second-order valence-electron chi connectivity index (χ2n) is 7.38. The van der Waals surface area contributed by atoms with Gasteiger partial charge in [-0.2, -0.15) is 0 Å². The van der Waals surface area contributed by atoms with E-state index in [1.165, 1.54) is 0 Å². The van der Waals surface area contributed by atoms with Gasteiger partial charge >= 0.3 is 0 Å². The van der Waals surface area contributed by atoms with Gasteiger partial charge in [0, 0.05) is 16.7 Å². The van der Waals surface area contributed by atoms with Crippen LogP contribution in [-0.4, -0.2) is 33.2 Å². The first-order valence-electron chi connectivity index (χ1n) is 8.46. The van der Waals surface area contributed by atoms with Crippen LogP contribution in [0.25, 0.3) is 5.76 Å². The van der Waals surface area contributed by atoms with Crippen LogP contribution in [0.4, 0.5) is 0 Å². The Morgan fingerprint density at radius 2 is 1.85 bits per heavy atom. The number of hydrogen-bond acceptors (Lipinski definition) is 6. The largest absolute Gasteiger partial charge is 0.507 e. The highest BCUT2D eigenvalue weighted by atomic mass is 16.6. The molecule has 0 saturated heterocycles. The normalized spacial score (nSPS) is 24.6. The molecule has 0 saturated carbocycles. The zero-order chi connectivity index (χ0) is 19.5. The molecule has 0 bridgehead atoms. The summed E-state index contributed by atoms with van der Waals surface area (Å²) in [4.78, 5) is 25.3. The third-order valence-electron chi connectivity index (χ3n) is 5.34. The molecule has 2 aliphatic rings. The molecule has 0 amide bonds. The van der Waals surface area contributed by atoms with Crippen molar-refractivity contribution in [3.63, 3.8) is 0 Å². The highest BCUT2D eigenvalue weighted by molar-refractivity contribution is 6.52. The van der Waals surface area contributed by atoms with E-state index >= 15 is 0 Å². The first kappa shape index (κ1) is 18.2. The van der Waals surface area contributed by atoms with E-state index < -0.39 is 40.7 Å². The number of fused-ring (bicyclic) bond motifs is 2. The first-order valence-corrected chi connectivity index (χ1v) is 8.46. The van der Waals surface area contributed by atoms with E-state index in [1.54, 1.807) is 33.8 Å². The summed E-state index contributed by atoms with van der Waals surface area (Å²) in [6, 6.07) is 0. The monoisotopic (exact) mass is 358 g/mol. The molecule has 26 heavy (non-hydrogen) atoms. The highest BCUT2D eigenvalue weighted by Gasteiger charge is 2.50. The topological polar surface area (TPSA) is 104 Å². The van der Waals surface area contributed by atoms with Crippen LogP contribution in [0, 0.1) is 12.8 Å². The van der Waals surface area contributed by atoms with E-state index in [0.29, 0.717) is 17.5 Å². The number of aliphatic hydroxyl groups excluding tert-OH is 2. The van der Waals surface area contributed by atoms with Gasteiger partial charge in [0.15, 0.2) is 11.5 Å². The fraction of sp³-hybridized carbons (Fsp3) is 0.400. The second-order valence-corrected chi connectivity index (χ2v) is 7.38. The van der Waals surface area contributed by atoms with Gasteiger partial charge in [-0.15, -0.1) is 6.58 Å². The Bertz CT molecular complexity index is 892. The molecule has 2 atom stereocenters. The maximum absolute atomic E-state index is 12.8. The number of ether oxygens (including phenoxy) is 1. The molecule has 0 radical (unpaired) electrons. The summed E-state index contributed by atoms with van der Waals surface area (Å²) in [6.07, 6.45) is 0.686. The highest BCUT2D eigenvalue weighted by Crippen LogP contribution is 2.55. The Kier molecular flexibility index (Phi) is 3.99. The summed E-state index contributed by atoms with van der Waals surface area (Å²) in [5, 5.41) is 31.8. The number of allylic oxidation sites excluding steroid dienone is 2. The second kappa shape index (κ2) is 5.71. The Labute approximate surface area is 151 Å². The minimum absolute atomic E-state index is 0.0231. The SMILES string of the molecule is C=CC[C@]1(C)c2c(C)c3c(c(O)c2O[C@@H]1O)C(O)=C(C(C)C)C(=O)C3=O. The van der Waals surface area contributed by atoms with Crippen molar-refractivity contribution >= 4 is 17.3 Å². The van der Waals surface area contributed by atoms with Gasteiger partial charge in [-0.05, 0) is 31.7 Å². The van der Waals surface area contributed by atoms with Crippen molar-refractivity contribution in [3.05, 3.63) is 40.5 Å². The van der Waals surface area contributed by atoms with Crippen molar-refractivity contribution in [1.82, 2.24) is 0 Å². The summed E-state index contributed by atoms with van der Waals surface area (Å²) in [6.45, 7) is 10.4. The molecule has 1 aliphatic carbocycles. The number of aliphatic hydroxyl groups is 2. The van der Waals surface area contributed by atoms with E-state index in [0.717, 1.165) is 0 Å². The van der Waals surface area contributed by atoms with Gasteiger partial charge in [0.1, 0.15) is 5.76 Å². The number of phenols is 1. The summed E-state index contributed by atoms with van der Waals surface area (Å²) >= 11 is 0. The van der Waals surface area contributed by atoms with Crippen LogP contribution in [0.15, 0.2) is 18.2 Å². The van der Waals surface area contributed by atoms with Crippen LogP contribution >= 0.6 is 0 Å². The minimum Gasteiger partial charge on any atom is -0.507 e. The molecule has 0 aromatic heterocycles. The van der Waals surface area contributed by atoms with Crippen molar-refractivity contribution in [2.45, 2.75) is 45.8 Å². The van der Waals surface area contributed by atoms with E-state index in [1.807, 2.05) is 0 Å². The van der Waals surface area contributed by atoms with Crippen LogP contribution in [0.3, 0.4) is 0 Å². The smallest absolute Gasteiger partial charge is 0.234 e. The molecule has 0 fully saturated rings. The molecule has 6 heteroatoms. The van der Waals surface area contributed by atoms with Crippen LogP contribution in [0.1, 0.15) is 54.2 Å². The molecule has 1 aromatic rings. The quantitative estimate of drug-likeness (QED) is 0.567. The van der Waals surface area contributed by atoms with E-state index in [9.17, 15) is 24.9 Å². The van der Waals surface area contributed by atoms with E-state index in [4.69, 9.17) is 4.74 Å². The Morgan fingerprint density at radius 1 is 1.23 bits per heavy atom. The molecule has 1 aromatic carbocycles. The third kappa shape index (κ3) is 2.08. The predicted molar refractivity (Wildman–Crippen MR) is 95.4 cm³/mol. The van der Waals surface area contributed by atoms with Crippen molar-refractivity contribution in [1.29, 1.82) is 0 Å². The molecule has 0 unspecified atom stereocenters. The summed E-state index contributed by atoms with van der Waals surface area (Å²) in [7, 11) is 0. The first-order chi connectivity index (χ1) is 12.1. The Morgan fingerprint density at radius 3 is 2.38 bits per heavy atom. The Balaban J connectivity index is 2.43. The summed E-state index contributed by atoms with van der Waals surface area (Å²) in [5.74, 6) is -2.79. The average Bonchev–Trinajstić information content (AvgIpc) is 2.81. The standard InChI is InChI=1S/C20H22O6/c1-6-7-20(5)13-9(4)11-12(17(24)18(13)26-19(20)25)14(21)10(8(2)3)15(22)16(11)23/h6,8,19,21,24-25H,1,7H2,2-5H3/t19-,20+/m0/s1. The molecule has 1 aliphatic heterocycles. The molecular weight excluding hydrogens is 336 g/mol. The lowest BCUT2D eigenvalue weighted by atomic mass is 9.73. The van der Waals surface area contributed by atoms with Gasteiger partial charge in [-0.1, -0.05) is 19.9 Å². The number of benzene rings is 1. The number of Topliss-reactive ketones (excluding diaryl/α,β-unsaturated/α-hetero) is 2. The fourth-order valence-electron chi connectivity index (χ4n) is 4.03. The zero-order valence-electron chi connectivity index (χ0n) is 15.2. The van der Waals surface area contributed by atoms with Gasteiger partial charge in [-0.3, -0.25) is 9.59 Å². The number of carbonyl (C=O) groups is 2.